The van der Waals surface area contributed by atoms with Crippen LogP contribution in [-0.2, 0) is 9.53 Å². The van der Waals surface area contributed by atoms with Crippen molar-refractivity contribution in [3.8, 4) is 10.4 Å². The summed E-state index contributed by atoms with van der Waals surface area (Å²) >= 11 is 7.35. The van der Waals surface area contributed by atoms with Gasteiger partial charge in [-0.3, -0.25) is 9.59 Å². The van der Waals surface area contributed by atoms with Crippen LogP contribution < -0.4 is 5.32 Å². The second-order valence-electron chi connectivity index (χ2n) is 5.31. The fourth-order valence-electron chi connectivity index (χ4n) is 2.19. The molecule has 1 aromatic heterocycles. The zero-order valence-electron chi connectivity index (χ0n) is 13.5. The summed E-state index contributed by atoms with van der Waals surface area (Å²) in [4.78, 5) is 24.8. The molecule has 2 aromatic rings. The van der Waals surface area contributed by atoms with Crippen molar-refractivity contribution in [1.29, 1.82) is 0 Å². The number of hydrogen-bond acceptors (Lipinski definition) is 4. The number of amides is 1. The average Bonchev–Trinajstić information content (AvgIpc) is 3.08. The Labute approximate surface area is 150 Å². The van der Waals surface area contributed by atoms with Crippen molar-refractivity contribution in [2.24, 2.45) is 0 Å². The first-order valence-electron chi connectivity index (χ1n) is 7.81. The molecule has 4 nitrogen and oxygen atoms in total. The van der Waals surface area contributed by atoms with Gasteiger partial charge in [-0.1, -0.05) is 30.2 Å². The van der Waals surface area contributed by atoms with Gasteiger partial charge in [-0.15, -0.1) is 11.3 Å². The van der Waals surface area contributed by atoms with Gasteiger partial charge in [0, 0.05) is 22.9 Å². The first-order valence-corrected chi connectivity index (χ1v) is 9.00. The van der Waals surface area contributed by atoms with E-state index in [9.17, 15) is 9.59 Å². The van der Waals surface area contributed by atoms with Crippen LogP contribution in [0.15, 0.2) is 36.4 Å². The van der Waals surface area contributed by atoms with E-state index < -0.39 is 0 Å². The van der Waals surface area contributed by atoms with Crippen molar-refractivity contribution in [2.75, 3.05) is 13.7 Å². The Morgan fingerprint density at radius 3 is 2.54 bits per heavy atom. The predicted octanol–water partition coefficient (Wildman–Crippen LogP) is 4.53. The van der Waals surface area contributed by atoms with Gasteiger partial charge in [-0.05, 0) is 42.7 Å². The number of carbonyl (C=O) groups excluding carboxylic acids is 2. The van der Waals surface area contributed by atoms with Crippen molar-refractivity contribution >= 4 is 34.8 Å². The first-order chi connectivity index (χ1) is 11.6. The average molecular weight is 366 g/mol. The van der Waals surface area contributed by atoms with Crippen molar-refractivity contribution in [3.63, 3.8) is 0 Å². The Bertz CT molecular complexity index is 682. The van der Waals surface area contributed by atoms with Gasteiger partial charge >= 0.3 is 5.97 Å². The third-order valence-corrected chi connectivity index (χ3v) is 4.91. The number of esters is 1. The molecule has 0 saturated carbocycles. The minimum absolute atomic E-state index is 0.0619. The van der Waals surface area contributed by atoms with Crippen LogP contribution in [0.1, 0.15) is 35.4 Å². The Morgan fingerprint density at radius 1 is 1.08 bits per heavy atom. The van der Waals surface area contributed by atoms with E-state index >= 15 is 0 Å². The molecule has 0 aliphatic heterocycles. The lowest BCUT2D eigenvalue weighted by Gasteiger charge is -2.03. The van der Waals surface area contributed by atoms with Crippen molar-refractivity contribution in [3.05, 3.63) is 46.3 Å². The molecule has 0 aliphatic rings. The van der Waals surface area contributed by atoms with Gasteiger partial charge in [0.15, 0.2) is 0 Å². The topological polar surface area (TPSA) is 55.4 Å². The molecule has 1 N–H and O–H groups in total. The van der Waals surface area contributed by atoms with Crippen molar-refractivity contribution in [2.45, 2.75) is 25.7 Å². The molecule has 0 saturated heterocycles. The van der Waals surface area contributed by atoms with E-state index in [1.165, 1.54) is 18.4 Å². The fraction of sp³-hybridized carbons (Fsp3) is 0.333. The van der Waals surface area contributed by atoms with Gasteiger partial charge in [0.1, 0.15) is 0 Å². The van der Waals surface area contributed by atoms with Crippen LogP contribution in [0.5, 0.6) is 0 Å². The molecule has 0 fully saturated rings. The van der Waals surface area contributed by atoms with Crippen LogP contribution in [0.2, 0.25) is 5.02 Å². The van der Waals surface area contributed by atoms with Crippen molar-refractivity contribution in [1.82, 2.24) is 5.32 Å². The van der Waals surface area contributed by atoms with Crippen molar-refractivity contribution < 1.29 is 14.3 Å². The highest BCUT2D eigenvalue weighted by Gasteiger charge is 2.10. The molecule has 1 aromatic carbocycles. The quantitative estimate of drug-likeness (QED) is 0.552. The van der Waals surface area contributed by atoms with Gasteiger partial charge in [0.25, 0.3) is 5.91 Å². The van der Waals surface area contributed by atoms with Gasteiger partial charge in [0.2, 0.25) is 0 Å². The van der Waals surface area contributed by atoms with E-state index in [-0.39, 0.29) is 11.9 Å². The third kappa shape index (κ3) is 5.65. The van der Waals surface area contributed by atoms with E-state index in [1.807, 2.05) is 36.4 Å². The molecule has 1 amide bonds. The molecule has 128 valence electrons. The van der Waals surface area contributed by atoms with E-state index in [1.54, 1.807) is 0 Å². The van der Waals surface area contributed by atoms with Gasteiger partial charge in [0.05, 0.1) is 12.0 Å². The van der Waals surface area contributed by atoms with Gasteiger partial charge in [-0.25, -0.2) is 0 Å². The molecule has 0 aliphatic carbocycles. The summed E-state index contributed by atoms with van der Waals surface area (Å²) in [6.45, 7) is 0.605. The van der Waals surface area contributed by atoms with Crippen LogP contribution in [0.25, 0.3) is 10.4 Å². The second-order valence-corrected chi connectivity index (χ2v) is 6.83. The van der Waals surface area contributed by atoms with Crippen LogP contribution in [0.3, 0.4) is 0 Å². The summed E-state index contributed by atoms with van der Waals surface area (Å²) in [6.07, 6.45) is 2.94. The predicted molar refractivity (Wildman–Crippen MR) is 97.6 cm³/mol. The summed E-state index contributed by atoms with van der Waals surface area (Å²) in [6, 6.07) is 11.3. The minimum Gasteiger partial charge on any atom is -0.469 e. The maximum atomic E-state index is 12.1. The lowest BCUT2D eigenvalue weighted by Crippen LogP contribution is -2.23. The van der Waals surface area contributed by atoms with Crippen LogP contribution in [0, 0.1) is 0 Å². The summed E-state index contributed by atoms with van der Waals surface area (Å²) in [7, 11) is 1.39. The molecular formula is C18H20ClNO3S. The summed E-state index contributed by atoms with van der Waals surface area (Å²) in [5, 5.41) is 3.60. The summed E-state index contributed by atoms with van der Waals surface area (Å²) in [5.41, 5.74) is 1.05. The number of unbranched alkanes of at least 4 members (excludes halogenated alkanes) is 2. The highest BCUT2D eigenvalue weighted by atomic mass is 35.5. The summed E-state index contributed by atoms with van der Waals surface area (Å²) < 4.78 is 4.58. The molecule has 2 rings (SSSR count). The zero-order chi connectivity index (χ0) is 17.4. The van der Waals surface area contributed by atoms with E-state index in [4.69, 9.17) is 11.6 Å². The Kier molecular flexibility index (Phi) is 7.28. The SMILES string of the molecule is COC(=O)CCCCCNC(=O)c1ccc(-c2ccc(Cl)cc2)s1. The number of hydrogen-bond donors (Lipinski definition) is 1. The molecule has 24 heavy (non-hydrogen) atoms. The maximum Gasteiger partial charge on any atom is 0.305 e. The second kappa shape index (κ2) is 9.45. The number of rotatable bonds is 8. The number of nitrogens with one attached hydrogen (secondary N) is 1. The fourth-order valence-corrected chi connectivity index (χ4v) is 3.25. The largest absolute Gasteiger partial charge is 0.469 e. The van der Waals surface area contributed by atoms with Gasteiger partial charge in [-0.2, -0.15) is 0 Å². The Balaban J connectivity index is 1.75. The van der Waals surface area contributed by atoms with Gasteiger partial charge < -0.3 is 10.1 Å². The van der Waals surface area contributed by atoms with Crippen LogP contribution in [-0.4, -0.2) is 25.5 Å². The standard InChI is InChI=1S/C18H20ClNO3S/c1-23-17(21)5-3-2-4-12-20-18(22)16-11-10-15(24-16)13-6-8-14(19)9-7-13/h6-11H,2-5,12H2,1H3,(H,20,22). The number of benzene rings is 1. The third-order valence-electron chi connectivity index (χ3n) is 3.53. The molecule has 0 unspecified atom stereocenters. The molecule has 1 heterocycles. The highest BCUT2D eigenvalue weighted by Crippen LogP contribution is 2.28. The normalized spacial score (nSPS) is 10.4. The monoisotopic (exact) mass is 365 g/mol. The molecule has 0 spiro atoms. The Morgan fingerprint density at radius 2 is 1.83 bits per heavy atom. The smallest absolute Gasteiger partial charge is 0.305 e. The maximum absolute atomic E-state index is 12.1. The molecular weight excluding hydrogens is 346 g/mol. The van der Waals surface area contributed by atoms with E-state index in [2.05, 4.69) is 10.1 Å². The van der Waals surface area contributed by atoms with Crippen LogP contribution in [0.4, 0.5) is 0 Å². The highest BCUT2D eigenvalue weighted by molar-refractivity contribution is 7.17. The molecule has 6 heteroatoms. The minimum atomic E-state index is -0.188. The number of thiophene rings is 1. The number of halogens is 1. The van der Waals surface area contributed by atoms with E-state index in [0.29, 0.717) is 22.9 Å². The lowest BCUT2D eigenvalue weighted by atomic mass is 10.2. The number of carbonyl (C=O) groups is 2. The Hall–Kier alpha value is -1.85. The summed E-state index contributed by atoms with van der Waals surface area (Å²) in [5.74, 6) is -0.250. The van der Waals surface area contributed by atoms with E-state index in [0.717, 1.165) is 29.7 Å². The lowest BCUT2D eigenvalue weighted by molar-refractivity contribution is -0.140. The van der Waals surface area contributed by atoms with Crippen LogP contribution >= 0.6 is 22.9 Å². The number of ether oxygens (including phenoxy) is 1. The molecule has 0 atom stereocenters. The first kappa shape index (κ1) is 18.5. The number of methoxy groups -OCH3 is 1. The zero-order valence-corrected chi connectivity index (χ0v) is 15.1. The molecule has 0 bridgehead atoms. The molecule has 0 radical (unpaired) electrons.